The highest BCUT2D eigenvalue weighted by Gasteiger charge is 2.13. The van der Waals surface area contributed by atoms with Crippen LogP contribution in [0.2, 0.25) is 0 Å². The standard InChI is InChI=1S/C13H12N4OS/c1-17(7-12-14-4-5-15-12)13(18)9-2-3-10-11(6-9)19-8-16-10/h2-6,8H,7H2,1H3,(H,14,15). The van der Waals surface area contributed by atoms with Gasteiger partial charge < -0.3 is 9.88 Å². The molecule has 0 fully saturated rings. The van der Waals surface area contributed by atoms with Gasteiger partial charge in [-0.2, -0.15) is 0 Å². The minimum absolute atomic E-state index is 0.0216. The fourth-order valence-electron chi connectivity index (χ4n) is 1.89. The first-order valence-electron chi connectivity index (χ1n) is 5.81. The van der Waals surface area contributed by atoms with Crippen molar-refractivity contribution in [3.63, 3.8) is 0 Å². The highest BCUT2D eigenvalue weighted by atomic mass is 32.1. The first-order valence-corrected chi connectivity index (χ1v) is 6.69. The molecule has 0 atom stereocenters. The summed E-state index contributed by atoms with van der Waals surface area (Å²) in [6.07, 6.45) is 3.42. The zero-order chi connectivity index (χ0) is 13.2. The van der Waals surface area contributed by atoms with Crippen molar-refractivity contribution in [1.29, 1.82) is 0 Å². The molecular formula is C13H12N4OS. The van der Waals surface area contributed by atoms with Gasteiger partial charge in [0.15, 0.2) is 0 Å². The number of aromatic amines is 1. The Hall–Kier alpha value is -2.21. The quantitative estimate of drug-likeness (QED) is 0.795. The Labute approximate surface area is 113 Å². The van der Waals surface area contributed by atoms with E-state index in [0.29, 0.717) is 12.1 Å². The molecule has 1 N–H and O–H groups in total. The summed E-state index contributed by atoms with van der Waals surface area (Å²) in [6.45, 7) is 0.465. The molecule has 0 unspecified atom stereocenters. The number of hydrogen-bond acceptors (Lipinski definition) is 4. The molecule has 1 aromatic carbocycles. The molecule has 96 valence electrons. The summed E-state index contributed by atoms with van der Waals surface area (Å²) < 4.78 is 1.03. The topological polar surface area (TPSA) is 61.9 Å². The fraction of sp³-hybridized carbons (Fsp3) is 0.154. The van der Waals surface area contributed by atoms with Crippen LogP contribution in [0, 0.1) is 0 Å². The van der Waals surface area contributed by atoms with Crippen molar-refractivity contribution >= 4 is 27.5 Å². The average Bonchev–Trinajstić information content (AvgIpc) is 3.07. The molecule has 19 heavy (non-hydrogen) atoms. The number of nitrogens with zero attached hydrogens (tertiary/aromatic N) is 3. The van der Waals surface area contributed by atoms with Gasteiger partial charge in [-0.1, -0.05) is 0 Å². The molecule has 6 heteroatoms. The van der Waals surface area contributed by atoms with Crippen molar-refractivity contribution < 1.29 is 4.79 Å². The number of hydrogen-bond donors (Lipinski definition) is 1. The lowest BCUT2D eigenvalue weighted by molar-refractivity contribution is 0.0782. The normalized spacial score (nSPS) is 10.8. The summed E-state index contributed by atoms with van der Waals surface area (Å²) in [6, 6.07) is 5.57. The number of benzene rings is 1. The number of thiazole rings is 1. The van der Waals surface area contributed by atoms with Crippen molar-refractivity contribution in [2.24, 2.45) is 0 Å². The molecule has 3 rings (SSSR count). The molecule has 3 aromatic rings. The van der Waals surface area contributed by atoms with E-state index >= 15 is 0 Å². The van der Waals surface area contributed by atoms with Crippen LogP contribution in [0.4, 0.5) is 0 Å². The summed E-state index contributed by atoms with van der Waals surface area (Å²) in [5.41, 5.74) is 3.38. The van der Waals surface area contributed by atoms with E-state index in [1.165, 1.54) is 11.3 Å². The van der Waals surface area contributed by atoms with E-state index in [0.717, 1.165) is 16.0 Å². The van der Waals surface area contributed by atoms with Gasteiger partial charge in [-0.05, 0) is 18.2 Å². The van der Waals surface area contributed by atoms with Gasteiger partial charge in [0.05, 0.1) is 22.3 Å². The zero-order valence-electron chi connectivity index (χ0n) is 10.3. The van der Waals surface area contributed by atoms with Gasteiger partial charge in [0.2, 0.25) is 0 Å². The van der Waals surface area contributed by atoms with Gasteiger partial charge in [0.1, 0.15) is 5.82 Å². The monoisotopic (exact) mass is 272 g/mol. The Balaban J connectivity index is 1.82. The van der Waals surface area contributed by atoms with E-state index in [-0.39, 0.29) is 5.91 Å². The van der Waals surface area contributed by atoms with E-state index in [9.17, 15) is 4.79 Å². The maximum atomic E-state index is 12.3. The third-order valence-corrected chi connectivity index (χ3v) is 3.66. The van der Waals surface area contributed by atoms with E-state index < -0.39 is 0 Å². The SMILES string of the molecule is CN(Cc1ncc[nH]1)C(=O)c1ccc2ncsc2c1. The van der Waals surface area contributed by atoms with Crippen molar-refractivity contribution in [2.75, 3.05) is 7.05 Å². The number of nitrogens with one attached hydrogen (secondary N) is 1. The predicted molar refractivity (Wildman–Crippen MR) is 74.0 cm³/mol. The first kappa shape index (κ1) is 11.9. The fourth-order valence-corrected chi connectivity index (χ4v) is 2.61. The van der Waals surface area contributed by atoms with Gasteiger partial charge in [-0.3, -0.25) is 4.79 Å². The summed E-state index contributed by atoms with van der Waals surface area (Å²) in [4.78, 5) is 25.3. The minimum Gasteiger partial charge on any atom is -0.347 e. The van der Waals surface area contributed by atoms with Crippen molar-refractivity contribution in [3.05, 3.63) is 47.5 Å². The molecule has 0 saturated carbocycles. The number of rotatable bonds is 3. The molecule has 0 aliphatic heterocycles. The van der Waals surface area contributed by atoms with Gasteiger partial charge >= 0.3 is 0 Å². The smallest absolute Gasteiger partial charge is 0.254 e. The third-order valence-electron chi connectivity index (χ3n) is 2.87. The summed E-state index contributed by atoms with van der Waals surface area (Å²) >= 11 is 1.54. The van der Waals surface area contributed by atoms with E-state index in [4.69, 9.17) is 0 Å². The molecule has 0 aliphatic rings. The first-order chi connectivity index (χ1) is 9.24. The van der Waals surface area contributed by atoms with Crippen LogP contribution in [0.25, 0.3) is 10.2 Å². The Morgan fingerprint density at radius 3 is 3.11 bits per heavy atom. The second kappa shape index (κ2) is 4.81. The summed E-state index contributed by atoms with van der Waals surface area (Å²) in [5.74, 6) is 0.751. The molecule has 0 radical (unpaired) electrons. The molecule has 0 saturated heterocycles. The van der Waals surface area contributed by atoms with Crippen molar-refractivity contribution in [1.82, 2.24) is 19.9 Å². The second-order valence-electron chi connectivity index (χ2n) is 4.23. The molecule has 5 nitrogen and oxygen atoms in total. The van der Waals surface area contributed by atoms with Gasteiger partial charge in [0, 0.05) is 25.0 Å². The Morgan fingerprint density at radius 1 is 1.42 bits per heavy atom. The molecule has 1 amide bonds. The Bertz CT molecular complexity index is 704. The van der Waals surface area contributed by atoms with Crippen molar-refractivity contribution in [3.8, 4) is 0 Å². The third kappa shape index (κ3) is 2.34. The van der Waals surface area contributed by atoms with Crippen molar-refractivity contribution in [2.45, 2.75) is 6.54 Å². The highest BCUT2D eigenvalue weighted by molar-refractivity contribution is 7.16. The van der Waals surface area contributed by atoms with Crippen LogP contribution in [0.3, 0.4) is 0 Å². The summed E-state index contributed by atoms with van der Waals surface area (Å²) in [5, 5.41) is 0. The summed E-state index contributed by atoms with van der Waals surface area (Å²) in [7, 11) is 1.77. The number of H-pyrrole nitrogens is 1. The Kier molecular flexibility index (Phi) is 3.00. The maximum absolute atomic E-state index is 12.3. The molecule has 0 bridgehead atoms. The Morgan fingerprint density at radius 2 is 2.32 bits per heavy atom. The van der Waals surface area contributed by atoms with Crippen LogP contribution >= 0.6 is 11.3 Å². The van der Waals surface area contributed by atoms with Gasteiger partial charge in [-0.25, -0.2) is 9.97 Å². The van der Waals surface area contributed by atoms with Crippen LogP contribution < -0.4 is 0 Å². The molecule has 2 heterocycles. The van der Waals surface area contributed by atoms with Crippen LogP contribution in [0.1, 0.15) is 16.2 Å². The molecule has 0 spiro atoms. The lowest BCUT2D eigenvalue weighted by Gasteiger charge is -2.15. The minimum atomic E-state index is -0.0216. The van der Waals surface area contributed by atoms with E-state index in [2.05, 4.69) is 15.0 Å². The highest BCUT2D eigenvalue weighted by Crippen LogP contribution is 2.20. The largest absolute Gasteiger partial charge is 0.347 e. The number of carbonyl (C=O) groups is 1. The number of fused-ring (bicyclic) bond motifs is 1. The molecule has 2 aromatic heterocycles. The van der Waals surface area contributed by atoms with Crippen LogP contribution in [0.5, 0.6) is 0 Å². The molecule has 0 aliphatic carbocycles. The number of amides is 1. The second-order valence-corrected chi connectivity index (χ2v) is 5.12. The molecular weight excluding hydrogens is 260 g/mol. The van der Waals surface area contributed by atoms with Crippen LogP contribution in [-0.2, 0) is 6.54 Å². The maximum Gasteiger partial charge on any atom is 0.254 e. The number of imidazole rings is 1. The van der Waals surface area contributed by atoms with Crippen LogP contribution in [-0.4, -0.2) is 32.8 Å². The van der Waals surface area contributed by atoms with Crippen LogP contribution in [0.15, 0.2) is 36.1 Å². The average molecular weight is 272 g/mol. The van der Waals surface area contributed by atoms with Gasteiger partial charge in [-0.15, -0.1) is 11.3 Å². The lowest BCUT2D eigenvalue weighted by atomic mass is 10.2. The van der Waals surface area contributed by atoms with Gasteiger partial charge in [0.25, 0.3) is 5.91 Å². The number of aromatic nitrogens is 3. The van der Waals surface area contributed by atoms with E-state index in [1.807, 2.05) is 18.2 Å². The predicted octanol–water partition coefficient (Wildman–Crippen LogP) is 2.29. The number of carbonyl (C=O) groups excluding carboxylic acids is 1. The van der Waals surface area contributed by atoms with E-state index in [1.54, 1.807) is 29.9 Å². The zero-order valence-corrected chi connectivity index (χ0v) is 11.1. The lowest BCUT2D eigenvalue weighted by Crippen LogP contribution is -2.26.